The highest BCUT2D eigenvalue weighted by Crippen LogP contribution is 2.59. The molecule has 0 saturated heterocycles. The summed E-state index contributed by atoms with van der Waals surface area (Å²) in [5.74, 6) is 0. The number of benzene rings is 4. The zero-order valence-corrected chi connectivity index (χ0v) is 22.3. The predicted molar refractivity (Wildman–Crippen MR) is 155 cm³/mol. The molecule has 5 aromatic rings. The van der Waals surface area contributed by atoms with Crippen molar-refractivity contribution in [3.05, 3.63) is 124 Å². The molecule has 37 heavy (non-hydrogen) atoms. The molecule has 182 valence electrons. The molecule has 2 aliphatic rings. The van der Waals surface area contributed by atoms with Gasteiger partial charge in [0.1, 0.15) is 6.04 Å². The summed E-state index contributed by atoms with van der Waals surface area (Å²) in [7, 11) is 0. The molecule has 1 aliphatic heterocycles. The third-order valence-electron chi connectivity index (χ3n) is 7.97. The maximum absolute atomic E-state index is 3.79. The summed E-state index contributed by atoms with van der Waals surface area (Å²) in [6.45, 7) is 17.0. The Balaban J connectivity index is 1.45. The first kappa shape index (κ1) is 22.2. The van der Waals surface area contributed by atoms with Gasteiger partial charge in [-0.05, 0) is 75.9 Å². The van der Waals surface area contributed by atoms with Crippen molar-refractivity contribution in [1.82, 2.24) is 4.57 Å². The van der Waals surface area contributed by atoms with Crippen molar-refractivity contribution >= 4 is 33.2 Å². The Hall–Kier alpha value is -3.98. The molecule has 4 aromatic carbocycles. The molecule has 0 spiro atoms. The molecule has 0 saturated carbocycles. The van der Waals surface area contributed by atoms with E-state index >= 15 is 0 Å². The summed E-state index contributed by atoms with van der Waals surface area (Å²) in [6.07, 6.45) is 0. The second-order valence-electron chi connectivity index (χ2n) is 10.8. The Morgan fingerprint density at radius 2 is 0.919 bits per heavy atom. The maximum atomic E-state index is 3.79. The molecular weight excluding hydrogens is 450 g/mol. The van der Waals surface area contributed by atoms with Gasteiger partial charge in [0.25, 0.3) is 0 Å². The van der Waals surface area contributed by atoms with Crippen molar-refractivity contribution < 1.29 is 0 Å². The molecule has 3 nitrogen and oxygen atoms in total. The Morgan fingerprint density at radius 1 is 0.541 bits per heavy atom. The van der Waals surface area contributed by atoms with Crippen LogP contribution in [0.3, 0.4) is 0 Å². The number of hydrogen-bond donors (Lipinski definition) is 0. The van der Waals surface area contributed by atoms with Crippen molar-refractivity contribution in [2.75, 3.05) is 9.80 Å². The molecule has 3 heteroatoms. The van der Waals surface area contributed by atoms with Crippen molar-refractivity contribution in [3.8, 4) is 0 Å². The molecule has 1 aliphatic carbocycles. The van der Waals surface area contributed by atoms with E-state index in [4.69, 9.17) is 0 Å². The highest BCUT2D eigenvalue weighted by molar-refractivity contribution is 6.08. The zero-order valence-electron chi connectivity index (χ0n) is 22.3. The molecule has 0 bridgehead atoms. The summed E-state index contributed by atoms with van der Waals surface area (Å²) in [4.78, 5) is 4.68. The van der Waals surface area contributed by atoms with Gasteiger partial charge in [0, 0.05) is 22.1 Å². The predicted octanol–water partition coefficient (Wildman–Crippen LogP) is 8.43. The maximum Gasteiger partial charge on any atom is 0.218 e. The lowest BCUT2D eigenvalue weighted by molar-refractivity contribution is 0.752. The van der Waals surface area contributed by atoms with E-state index in [1.165, 1.54) is 78.0 Å². The van der Waals surface area contributed by atoms with Gasteiger partial charge in [-0.15, -0.1) is 0 Å². The number of fused-ring (bicyclic) bond motifs is 3. The second-order valence-corrected chi connectivity index (χ2v) is 10.8. The van der Waals surface area contributed by atoms with Gasteiger partial charge in [-0.25, -0.2) is 0 Å². The largest absolute Gasteiger partial charge is 0.326 e. The molecule has 0 N–H and O–H groups in total. The first-order valence-corrected chi connectivity index (χ1v) is 13.1. The average Bonchev–Trinajstić information content (AvgIpc) is 3.30. The van der Waals surface area contributed by atoms with E-state index < -0.39 is 0 Å². The molecule has 2 heterocycles. The van der Waals surface area contributed by atoms with Crippen molar-refractivity contribution in [2.24, 2.45) is 0 Å². The van der Waals surface area contributed by atoms with Crippen LogP contribution in [-0.2, 0) is 0 Å². The molecule has 1 aromatic heterocycles. The lowest BCUT2D eigenvalue weighted by atomic mass is 10.0. The lowest BCUT2D eigenvalue weighted by Crippen LogP contribution is -2.30. The minimum atomic E-state index is 0.159. The van der Waals surface area contributed by atoms with Crippen LogP contribution in [0.2, 0.25) is 0 Å². The SMILES string of the molecule is Cc1cc(C)c(N2[C]N(c3c(C)cc(C)cc3C)C3=C2C3n2c3ccccc3c3ccccc32)c(C)c1. The quantitative estimate of drug-likeness (QED) is 0.256. The van der Waals surface area contributed by atoms with Gasteiger partial charge < -0.3 is 14.4 Å². The number of aryl methyl sites for hydroxylation is 6. The average molecular weight is 482 g/mol. The van der Waals surface area contributed by atoms with Gasteiger partial charge in [-0.2, -0.15) is 0 Å². The fourth-order valence-corrected chi connectivity index (χ4v) is 6.74. The normalized spacial score (nSPS) is 15.4. The molecule has 0 unspecified atom stereocenters. The Kier molecular flexibility index (Phi) is 4.66. The fraction of sp³-hybridized carbons (Fsp3) is 0.206. The van der Waals surface area contributed by atoms with Crippen molar-refractivity contribution in [2.45, 2.75) is 47.6 Å². The first-order valence-electron chi connectivity index (χ1n) is 13.1. The van der Waals surface area contributed by atoms with E-state index in [0.29, 0.717) is 0 Å². The van der Waals surface area contributed by atoms with E-state index in [2.05, 4.69) is 135 Å². The standard InChI is InChI=1S/C34H31N3/c1-20-15-22(3)30(23(4)16-20)35-19-36(31-24(5)17-21(2)18-25(31)6)33-32(35)34(33)37-28-13-9-7-11-26(28)27-12-8-10-14-29(27)37/h7-18,34H,1-6H3. The van der Waals surface area contributed by atoms with Crippen molar-refractivity contribution in [3.63, 3.8) is 0 Å². The smallest absolute Gasteiger partial charge is 0.218 e. The summed E-state index contributed by atoms with van der Waals surface area (Å²) in [5, 5.41) is 2.61. The first-order chi connectivity index (χ1) is 17.8. The van der Waals surface area contributed by atoms with E-state index in [1.54, 1.807) is 0 Å². The minimum Gasteiger partial charge on any atom is -0.326 e. The highest BCUT2D eigenvalue weighted by atomic mass is 15.5. The van der Waals surface area contributed by atoms with Crippen LogP contribution in [0.15, 0.2) is 84.2 Å². The second kappa shape index (κ2) is 7.76. The Morgan fingerprint density at radius 3 is 1.32 bits per heavy atom. The summed E-state index contributed by atoms with van der Waals surface area (Å²) < 4.78 is 2.54. The van der Waals surface area contributed by atoms with Gasteiger partial charge in [0.15, 0.2) is 0 Å². The van der Waals surface area contributed by atoms with E-state index in [1.807, 2.05) is 0 Å². The van der Waals surface area contributed by atoms with Crippen LogP contribution in [0.4, 0.5) is 11.4 Å². The number of anilines is 2. The number of nitrogens with zero attached hydrogens (tertiary/aromatic N) is 3. The highest BCUT2D eigenvalue weighted by Gasteiger charge is 2.54. The van der Waals surface area contributed by atoms with Crippen LogP contribution < -0.4 is 9.80 Å². The van der Waals surface area contributed by atoms with E-state index in [-0.39, 0.29) is 6.04 Å². The Labute approximate surface area is 219 Å². The van der Waals surface area contributed by atoms with Crippen molar-refractivity contribution in [1.29, 1.82) is 0 Å². The Bertz CT molecular complexity index is 1610. The fourth-order valence-electron chi connectivity index (χ4n) is 6.74. The summed E-state index contributed by atoms with van der Waals surface area (Å²) in [6, 6.07) is 26.9. The summed E-state index contributed by atoms with van der Waals surface area (Å²) >= 11 is 0. The minimum absolute atomic E-state index is 0.159. The molecule has 0 atom stereocenters. The number of para-hydroxylation sites is 2. The molecule has 0 fully saturated rings. The van der Waals surface area contributed by atoms with Crippen LogP contribution in [0, 0.1) is 48.2 Å². The number of allylic oxidation sites excluding steroid dienone is 2. The van der Waals surface area contributed by atoms with Gasteiger partial charge in [-0.1, -0.05) is 71.8 Å². The van der Waals surface area contributed by atoms with E-state index in [0.717, 1.165) is 0 Å². The monoisotopic (exact) mass is 481 g/mol. The van der Waals surface area contributed by atoms with Gasteiger partial charge >= 0.3 is 0 Å². The molecule has 7 rings (SSSR count). The van der Waals surface area contributed by atoms with Gasteiger partial charge in [-0.3, -0.25) is 0 Å². The van der Waals surface area contributed by atoms with Crippen LogP contribution >= 0.6 is 0 Å². The lowest BCUT2D eigenvalue weighted by Gasteiger charge is -2.32. The van der Waals surface area contributed by atoms with Gasteiger partial charge in [0.2, 0.25) is 6.67 Å². The molecular formula is C34H31N3. The number of hydrogen-bond acceptors (Lipinski definition) is 2. The summed E-state index contributed by atoms with van der Waals surface area (Å²) in [5.41, 5.74) is 15.4. The van der Waals surface area contributed by atoms with Crippen LogP contribution in [0.25, 0.3) is 21.8 Å². The van der Waals surface area contributed by atoms with Gasteiger partial charge in [0.05, 0.1) is 22.4 Å². The molecule has 2 radical (unpaired) electrons. The van der Waals surface area contributed by atoms with E-state index in [9.17, 15) is 0 Å². The molecule has 0 amide bonds. The number of rotatable bonds is 3. The third-order valence-corrected chi connectivity index (χ3v) is 7.97. The third kappa shape index (κ3) is 3.13. The number of aromatic nitrogens is 1. The zero-order chi connectivity index (χ0) is 25.6. The van der Waals surface area contributed by atoms with Crippen LogP contribution in [0.1, 0.15) is 39.4 Å². The van der Waals surface area contributed by atoms with Crippen LogP contribution in [0.5, 0.6) is 0 Å². The van der Waals surface area contributed by atoms with Crippen LogP contribution in [-0.4, -0.2) is 4.57 Å². The topological polar surface area (TPSA) is 11.4 Å².